The molecule has 9 nitrogen and oxygen atoms in total. The number of rotatable bonds is 5. The average molecular weight is 537 g/mol. The van der Waals surface area contributed by atoms with Crippen LogP contribution in [0.4, 0.5) is 23.2 Å². The minimum Gasteiger partial charge on any atom is -0.462 e. The van der Waals surface area contributed by atoms with Crippen LogP contribution in [-0.2, 0) is 27.5 Å². The number of carbonyl (C=O) groups excluding carboxylic acids is 2. The molecule has 1 aromatic heterocycles. The second kappa shape index (κ2) is 9.85. The number of carbonyl (C=O) groups is 2. The monoisotopic (exact) mass is 536 g/mol. The van der Waals surface area contributed by atoms with E-state index in [1.54, 1.807) is 13.8 Å². The molecule has 1 aliphatic heterocycles. The molecule has 0 saturated carbocycles. The highest BCUT2D eigenvalue weighted by Gasteiger charge is 2.35. The lowest BCUT2D eigenvalue weighted by Crippen LogP contribution is -2.41. The molecule has 1 amide bonds. The van der Waals surface area contributed by atoms with E-state index in [0.717, 1.165) is 35.8 Å². The Bertz CT molecular complexity index is 1350. The molecule has 1 fully saturated rings. The molecule has 1 aliphatic rings. The first-order chi connectivity index (χ1) is 16.2. The fourth-order valence-corrected chi connectivity index (χ4v) is 4.16. The quantitative estimate of drug-likeness (QED) is 0.430. The van der Waals surface area contributed by atoms with E-state index in [4.69, 9.17) is 16.3 Å². The van der Waals surface area contributed by atoms with Crippen LogP contribution in [0.3, 0.4) is 0 Å². The molecule has 0 bridgehead atoms. The Kier molecular flexibility index (Phi) is 7.45. The first-order valence-corrected chi connectivity index (χ1v) is 11.2. The minimum atomic E-state index is -4.99. The molecule has 0 radical (unpaired) electrons. The van der Waals surface area contributed by atoms with Crippen molar-refractivity contribution in [1.82, 2.24) is 14.0 Å². The molecular weight excluding hydrogens is 520 g/mol. The molecule has 0 N–H and O–H groups in total. The summed E-state index contributed by atoms with van der Waals surface area (Å²) in [5.41, 5.74) is -5.29. The SMILES string of the molecule is CC(C)OC(=O)CN1C(=O)CS/C1=N\c1cc(-n2c(=O)cc(C(F)(F)F)n(C)c2=O)c(F)cc1Cl. The Balaban J connectivity index is 2.10. The van der Waals surface area contributed by atoms with E-state index in [0.29, 0.717) is 0 Å². The van der Waals surface area contributed by atoms with Crippen LogP contribution in [0.1, 0.15) is 19.5 Å². The normalized spacial score (nSPS) is 15.4. The summed E-state index contributed by atoms with van der Waals surface area (Å²) >= 11 is 7.00. The Morgan fingerprint density at radius 2 is 1.89 bits per heavy atom. The number of esters is 1. The van der Waals surface area contributed by atoms with E-state index in [1.807, 2.05) is 0 Å². The van der Waals surface area contributed by atoms with E-state index in [-0.39, 0.29) is 36.8 Å². The van der Waals surface area contributed by atoms with Crippen LogP contribution in [0.15, 0.2) is 32.8 Å². The lowest BCUT2D eigenvalue weighted by Gasteiger charge is -2.17. The zero-order valence-electron chi connectivity index (χ0n) is 18.4. The van der Waals surface area contributed by atoms with Crippen LogP contribution in [0.2, 0.25) is 5.02 Å². The van der Waals surface area contributed by atoms with Crippen LogP contribution in [0, 0.1) is 5.82 Å². The first kappa shape index (κ1) is 26.5. The summed E-state index contributed by atoms with van der Waals surface area (Å²) in [5.74, 6) is -2.39. The summed E-state index contributed by atoms with van der Waals surface area (Å²) in [4.78, 5) is 54.3. The summed E-state index contributed by atoms with van der Waals surface area (Å²) in [7, 11) is 0.783. The maximum Gasteiger partial charge on any atom is 0.431 e. The van der Waals surface area contributed by atoms with E-state index in [1.165, 1.54) is 0 Å². The highest BCUT2D eigenvalue weighted by atomic mass is 35.5. The van der Waals surface area contributed by atoms with Crippen molar-refractivity contribution >= 4 is 46.1 Å². The molecule has 0 atom stereocenters. The van der Waals surface area contributed by atoms with Crippen molar-refractivity contribution < 1.29 is 31.9 Å². The average Bonchev–Trinajstić information content (AvgIpc) is 3.05. The van der Waals surface area contributed by atoms with Crippen LogP contribution < -0.4 is 11.2 Å². The predicted octanol–water partition coefficient (Wildman–Crippen LogP) is 2.86. The maximum absolute atomic E-state index is 14.7. The number of aromatic nitrogens is 2. The lowest BCUT2D eigenvalue weighted by molar-refractivity contribution is -0.149. The van der Waals surface area contributed by atoms with Crippen LogP contribution >= 0.6 is 23.4 Å². The van der Waals surface area contributed by atoms with Gasteiger partial charge in [-0.25, -0.2) is 18.7 Å². The van der Waals surface area contributed by atoms with Crippen molar-refractivity contribution in [2.24, 2.45) is 12.0 Å². The Labute approximate surface area is 203 Å². The predicted molar refractivity (Wildman–Crippen MR) is 120 cm³/mol. The number of aliphatic imine (C=N–C) groups is 1. The fourth-order valence-electron chi connectivity index (χ4n) is 3.07. The van der Waals surface area contributed by atoms with Gasteiger partial charge in [0.25, 0.3) is 5.56 Å². The van der Waals surface area contributed by atoms with E-state index >= 15 is 0 Å². The summed E-state index contributed by atoms with van der Waals surface area (Å²) in [6, 6.07) is 1.77. The molecule has 2 heterocycles. The lowest BCUT2D eigenvalue weighted by atomic mass is 10.2. The number of hydrogen-bond acceptors (Lipinski definition) is 7. The van der Waals surface area contributed by atoms with Gasteiger partial charge in [-0.05, 0) is 26.0 Å². The smallest absolute Gasteiger partial charge is 0.431 e. The van der Waals surface area contributed by atoms with Gasteiger partial charge in [-0.2, -0.15) is 13.2 Å². The molecular formula is C20H17ClF4N4O5S. The fraction of sp³-hybridized carbons (Fsp3) is 0.350. The van der Waals surface area contributed by atoms with Crippen molar-refractivity contribution in [3.05, 3.63) is 55.6 Å². The molecule has 35 heavy (non-hydrogen) atoms. The highest BCUT2D eigenvalue weighted by Crippen LogP contribution is 2.33. The summed E-state index contributed by atoms with van der Waals surface area (Å²) in [5, 5.41) is -0.261. The van der Waals surface area contributed by atoms with Gasteiger partial charge in [-0.1, -0.05) is 23.4 Å². The number of halogens is 5. The molecule has 1 saturated heterocycles. The standard InChI is InChI=1S/C20H17ClF4N4O5S/c1-9(2)34-17(32)7-28-16(31)8-35-18(28)26-12-5-13(11(22)4-10(12)21)29-15(30)6-14(20(23,24)25)27(3)19(29)33/h4-6,9H,7-8H2,1-3H3/b26-18-. The Morgan fingerprint density at radius 3 is 2.49 bits per heavy atom. The van der Waals surface area contributed by atoms with E-state index < -0.39 is 59.1 Å². The number of amidine groups is 1. The van der Waals surface area contributed by atoms with Gasteiger partial charge in [0.05, 0.1) is 28.3 Å². The first-order valence-electron chi connectivity index (χ1n) is 9.81. The van der Waals surface area contributed by atoms with Crippen LogP contribution in [0.25, 0.3) is 5.69 Å². The van der Waals surface area contributed by atoms with E-state index in [9.17, 15) is 36.7 Å². The largest absolute Gasteiger partial charge is 0.462 e. The Hall–Kier alpha value is -3.13. The van der Waals surface area contributed by atoms with Gasteiger partial charge in [0, 0.05) is 13.1 Å². The Morgan fingerprint density at radius 1 is 1.23 bits per heavy atom. The van der Waals surface area contributed by atoms with Crippen molar-refractivity contribution in [2.75, 3.05) is 12.3 Å². The van der Waals surface area contributed by atoms with Gasteiger partial charge in [-0.15, -0.1) is 0 Å². The summed E-state index contributed by atoms with van der Waals surface area (Å²) in [6.07, 6.45) is -5.42. The van der Waals surface area contributed by atoms with Crippen molar-refractivity contribution in [2.45, 2.75) is 26.1 Å². The van der Waals surface area contributed by atoms with Gasteiger partial charge in [-0.3, -0.25) is 23.9 Å². The number of amides is 1. The van der Waals surface area contributed by atoms with Gasteiger partial charge >= 0.3 is 17.8 Å². The zero-order chi connectivity index (χ0) is 26.2. The molecule has 188 valence electrons. The number of thioether (sulfide) groups is 1. The highest BCUT2D eigenvalue weighted by molar-refractivity contribution is 8.15. The van der Waals surface area contributed by atoms with Crippen molar-refractivity contribution in [3.8, 4) is 5.69 Å². The third-order valence-electron chi connectivity index (χ3n) is 4.59. The van der Waals surface area contributed by atoms with Gasteiger partial charge < -0.3 is 4.74 Å². The topological polar surface area (TPSA) is 103 Å². The maximum atomic E-state index is 14.7. The van der Waals surface area contributed by atoms with Crippen LogP contribution in [-0.4, -0.2) is 49.5 Å². The summed E-state index contributed by atoms with van der Waals surface area (Å²) in [6.45, 7) is 2.80. The third kappa shape index (κ3) is 5.59. The van der Waals surface area contributed by atoms with Crippen molar-refractivity contribution in [3.63, 3.8) is 0 Å². The molecule has 0 spiro atoms. The van der Waals surface area contributed by atoms with Gasteiger partial charge in [0.15, 0.2) is 5.17 Å². The molecule has 1 aromatic carbocycles. The molecule has 0 aliphatic carbocycles. The second-order valence-corrected chi connectivity index (χ2v) is 8.85. The molecule has 0 unspecified atom stereocenters. The van der Waals surface area contributed by atoms with Crippen molar-refractivity contribution in [1.29, 1.82) is 0 Å². The zero-order valence-corrected chi connectivity index (χ0v) is 19.9. The molecule has 2 aromatic rings. The molecule has 3 rings (SSSR count). The number of hydrogen-bond donors (Lipinski definition) is 0. The number of alkyl halides is 3. The van der Waals surface area contributed by atoms with Crippen LogP contribution in [0.5, 0.6) is 0 Å². The minimum absolute atomic E-state index is 0.0165. The van der Waals surface area contributed by atoms with Gasteiger partial charge in [0.1, 0.15) is 18.1 Å². The third-order valence-corrected chi connectivity index (χ3v) is 5.86. The number of benzene rings is 1. The number of ether oxygens (including phenoxy) is 1. The summed E-state index contributed by atoms with van der Waals surface area (Å²) < 4.78 is 59.4. The number of nitrogens with zero attached hydrogens (tertiary/aromatic N) is 4. The van der Waals surface area contributed by atoms with E-state index in [2.05, 4.69) is 4.99 Å². The molecule has 15 heteroatoms. The second-order valence-electron chi connectivity index (χ2n) is 7.50. The van der Waals surface area contributed by atoms with Gasteiger partial charge in [0.2, 0.25) is 5.91 Å².